The first-order valence-electron chi connectivity index (χ1n) is 5.70. The van der Waals surface area contributed by atoms with Crippen LogP contribution in [0.2, 0.25) is 5.02 Å². The maximum atomic E-state index is 10.5. The fraction of sp³-hybridized carbons (Fsp3) is 0. The number of nitro groups is 1. The number of carboxylic acid groups (broad SMARTS) is 1. The van der Waals surface area contributed by atoms with Crippen molar-refractivity contribution in [2.45, 2.75) is 0 Å². The molecule has 9 heteroatoms. The Morgan fingerprint density at radius 2 is 2.00 bits per heavy atom. The maximum absolute atomic E-state index is 10.5. The third-order valence-electron chi connectivity index (χ3n) is 2.34. The van der Waals surface area contributed by atoms with E-state index in [0.29, 0.717) is 5.56 Å². The summed E-state index contributed by atoms with van der Waals surface area (Å²) in [6, 6.07) is 6.54. The van der Waals surface area contributed by atoms with Crippen LogP contribution in [0, 0.1) is 10.1 Å². The normalized spacial score (nSPS) is 9.32. The zero-order valence-corrected chi connectivity index (χ0v) is 11.7. The van der Waals surface area contributed by atoms with Gasteiger partial charge in [-0.2, -0.15) is 0 Å². The van der Waals surface area contributed by atoms with Crippen molar-refractivity contribution in [3.63, 3.8) is 0 Å². The fourth-order valence-corrected chi connectivity index (χ4v) is 1.50. The van der Waals surface area contributed by atoms with Crippen LogP contribution < -0.4 is 5.73 Å². The van der Waals surface area contributed by atoms with Crippen LogP contribution in [0.3, 0.4) is 0 Å². The number of nitrogens with zero attached hydrogens (tertiary/aromatic N) is 2. The number of aromatic nitrogens is 1. The number of nitro benzene ring substituents is 1. The number of rotatable bonds is 3. The Hall–Kier alpha value is -3.00. The molecule has 8 nitrogen and oxygen atoms in total. The molecule has 1 aromatic carbocycles. The molecule has 1 heterocycles. The van der Waals surface area contributed by atoms with Crippen molar-refractivity contribution in [1.82, 2.24) is 4.98 Å². The second kappa shape index (κ2) is 7.70. The van der Waals surface area contributed by atoms with Crippen molar-refractivity contribution in [2.24, 2.45) is 5.73 Å². The molecule has 0 bridgehead atoms. The number of hydrogen-bond donors (Lipinski definition) is 2. The molecular weight excluding hydrogens is 314 g/mol. The lowest BCUT2D eigenvalue weighted by atomic mass is 10.2. The van der Waals surface area contributed by atoms with Gasteiger partial charge in [-0.3, -0.25) is 19.9 Å². The number of benzene rings is 1. The summed E-state index contributed by atoms with van der Waals surface area (Å²) in [6.07, 6.45) is 3.02. The van der Waals surface area contributed by atoms with Crippen LogP contribution in [0.1, 0.15) is 20.7 Å². The summed E-state index contributed by atoms with van der Waals surface area (Å²) in [5.74, 6) is -1.73. The van der Waals surface area contributed by atoms with E-state index in [9.17, 15) is 19.7 Å². The Morgan fingerprint density at radius 1 is 1.32 bits per heavy atom. The molecule has 0 saturated heterocycles. The monoisotopic (exact) mass is 323 g/mol. The van der Waals surface area contributed by atoms with Crippen LogP contribution in [0.25, 0.3) is 0 Å². The Morgan fingerprint density at radius 3 is 2.41 bits per heavy atom. The standard InChI is InChI=1S/C7H4ClNO4.C6H6N2O/c8-6-2-1-4(9(12)13)3-5(6)7(10)11;7-6(9)5-2-1-3-8-4-5/h1-3H,(H,10,11);1-4H,(H2,7,9). The minimum Gasteiger partial charge on any atom is -0.478 e. The molecule has 22 heavy (non-hydrogen) atoms. The van der Waals surface area contributed by atoms with Gasteiger partial charge in [-0.05, 0) is 18.2 Å². The Labute approximate surface area is 129 Å². The summed E-state index contributed by atoms with van der Waals surface area (Å²) in [6.45, 7) is 0. The van der Waals surface area contributed by atoms with Gasteiger partial charge in [-0.1, -0.05) is 11.6 Å². The number of halogens is 1. The highest BCUT2D eigenvalue weighted by Crippen LogP contribution is 2.21. The number of carbonyl (C=O) groups excluding carboxylic acids is 1. The molecule has 0 unspecified atom stereocenters. The maximum Gasteiger partial charge on any atom is 0.337 e. The summed E-state index contributed by atoms with van der Waals surface area (Å²) >= 11 is 5.49. The Bertz CT molecular complexity index is 706. The minimum absolute atomic E-state index is 0.0156. The van der Waals surface area contributed by atoms with Crippen LogP contribution in [-0.2, 0) is 0 Å². The minimum atomic E-state index is -1.28. The van der Waals surface area contributed by atoms with E-state index in [1.807, 2.05) is 0 Å². The lowest BCUT2D eigenvalue weighted by molar-refractivity contribution is -0.384. The van der Waals surface area contributed by atoms with Gasteiger partial charge in [-0.15, -0.1) is 0 Å². The third-order valence-corrected chi connectivity index (χ3v) is 2.67. The largest absolute Gasteiger partial charge is 0.478 e. The topological polar surface area (TPSA) is 136 Å². The summed E-state index contributed by atoms with van der Waals surface area (Å²) in [5.41, 5.74) is 4.82. The second-order valence-corrected chi connectivity index (χ2v) is 4.24. The van der Waals surface area contributed by atoms with E-state index in [1.54, 1.807) is 18.3 Å². The molecule has 114 valence electrons. The van der Waals surface area contributed by atoms with E-state index >= 15 is 0 Å². The highest BCUT2D eigenvalue weighted by Gasteiger charge is 2.14. The van der Waals surface area contributed by atoms with Crippen molar-refractivity contribution in [2.75, 3.05) is 0 Å². The van der Waals surface area contributed by atoms with E-state index < -0.39 is 16.8 Å². The van der Waals surface area contributed by atoms with Crippen molar-refractivity contribution in [3.8, 4) is 0 Å². The second-order valence-electron chi connectivity index (χ2n) is 3.83. The molecule has 0 aliphatic heterocycles. The Balaban J connectivity index is 0.000000235. The summed E-state index contributed by atoms with van der Waals surface area (Å²) < 4.78 is 0. The quantitative estimate of drug-likeness (QED) is 0.655. The number of non-ortho nitro benzene ring substituents is 1. The van der Waals surface area contributed by atoms with Crippen molar-refractivity contribution in [1.29, 1.82) is 0 Å². The molecule has 0 aliphatic rings. The fourth-order valence-electron chi connectivity index (χ4n) is 1.30. The highest BCUT2D eigenvalue weighted by molar-refractivity contribution is 6.33. The first-order valence-corrected chi connectivity index (χ1v) is 6.07. The predicted octanol–water partition coefficient (Wildman–Crippen LogP) is 2.13. The first kappa shape index (κ1) is 17.1. The molecule has 0 fully saturated rings. The number of primary amides is 1. The molecule has 2 rings (SSSR count). The molecular formula is C13H10ClN3O5. The molecule has 3 N–H and O–H groups in total. The van der Waals surface area contributed by atoms with Crippen LogP contribution >= 0.6 is 11.6 Å². The molecule has 0 spiro atoms. The predicted molar refractivity (Wildman–Crippen MR) is 77.8 cm³/mol. The zero-order valence-electron chi connectivity index (χ0n) is 11.0. The molecule has 1 aromatic heterocycles. The lowest BCUT2D eigenvalue weighted by Crippen LogP contribution is -2.10. The van der Waals surface area contributed by atoms with E-state index in [-0.39, 0.29) is 16.3 Å². The Kier molecular flexibility index (Phi) is 5.96. The molecule has 2 aromatic rings. The zero-order chi connectivity index (χ0) is 16.7. The van der Waals surface area contributed by atoms with Gasteiger partial charge in [0.2, 0.25) is 5.91 Å². The molecule has 0 radical (unpaired) electrons. The van der Waals surface area contributed by atoms with Gasteiger partial charge in [0.05, 0.1) is 21.1 Å². The van der Waals surface area contributed by atoms with Crippen molar-refractivity contribution < 1.29 is 19.6 Å². The third kappa shape index (κ3) is 4.84. The molecule has 1 amide bonds. The smallest absolute Gasteiger partial charge is 0.337 e. The van der Waals surface area contributed by atoms with Gasteiger partial charge in [0.15, 0.2) is 0 Å². The summed E-state index contributed by atoms with van der Waals surface area (Å²) in [5, 5.41) is 18.8. The lowest BCUT2D eigenvalue weighted by Gasteiger charge is -1.97. The van der Waals surface area contributed by atoms with E-state index in [1.165, 1.54) is 12.3 Å². The average Bonchev–Trinajstić information content (AvgIpc) is 2.48. The number of nitrogens with two attached hydrogens (primary N) is 1. The first-order chi connectivity index (χ1) is 10.3. The van der Waals surface area contributed by atoms with Crippen LogP contribution in [0.4, 0.5) is 5.69 Å². The number of amides is 1. The van der Waals surface area contributed by atoms with E-state index in [4.69, 9.17) is 22.4 Å². The number of aromatic carboxylic acids is 1. The number of hydrogen-bond acceptors (Lipinski definition) is 5. The number of carboxylic acids is 1. The summed E-state index contributed by atoms with van der Waals surface area (Å²) in [4.78, 5) is 34.2. The number of pyridine rings is 1. The average molecular weight is 324 g/mol. The highest BCUT2D eigenvalue weighted by atomic mass is 35.5. The van der Waals surface area contributed by atoms with Crippen LogP contribution in [-0.4, -0.2) is 26.9 Å². The molecule has 0 aliphatic carbocycles. The number of carbonyl (C=O) groups is 2. The van der Waals surface area contributed by atoms with Gasteiger partial charge >= 0.3 is 5.97 Å². The SMILES string of the molecule is NC(=O)c1cccnc1.O=C(O)c1cc([N+](=O)[O-])ccc1Cl. The van der Waals surface area contributed by atoms with E-state index in [2.05, 4.69) is 4.98 Å². The van der Waals surface area contributed by atoms with E-state index in [0.717, 1.165) is 12.1 Å². The van der Waals surface area contributed by atoms with Crippen molar-refractivity contribution in [3.05, 3.63) is 69.0 Å². The van der Waals surface area contributed by atoms with Gasteiger partial charge < -0.3 is 10.8 Å². The van der Waals surface area contributed by atoms with Gasteiger partial charge in [0, 0.05) is 24.5 Å². The van der Waals surface area contributed by atoms with Gasteiger partial charge in [0.25, 0.3) is 5.69 Å². The van der Waals surface area contributed by atoms with Crippen molar-refractivity contribution >= 4 is 29.2 Å². The summed E-state index contributed by atoms with van der Waals surface area (Å²) in [7, 11) is 0. The van der Waals surface area contributed by atoms with Gasteiger partial charge in [0.1, 0.15) is 0 Å². The van der Waals surface area contributed by atoms with Gasteiger partial charge in [-0.25, -0.2) is 4.79 Å². The molecule has 0 atom stereocenters. The van der Waals surface area contributed by atoms with Crippen LogP contribution in [0.15, 0.2) is 42.7 Å². The molecule has 0 saturated carbocycles. The van der Waals surface area contributed by atoms with Crippen LogP contribution in [0.5, 0.6) is 0 Å².